The molecule has 0 radical (unpaired) electrons. The fourth-order valence-corrected chi connectivity index (χ4v) is 2.86. The molecule has 6 nitrogen and oxygen atoms in total. The van der Waals surface area contributed by atoms with Gasteiger partial charge < -0.3 is 15.5 Å². The minimum Gasteiger partial charge on any atom is -0.476 e. The summed E-state index contributed by atoms with van der Waals surface area (Å²) in [6.07, 6.45) is 9.38. The average Bonchev–Trinajstić information content (AvgIpc) is 2.47. The Kier molecular flexibility index (Phi) is 4.89. The van der Waals surface area contributed by atoms with E-state index in [4.69, 9.17) is 5.11 Å². The Labute approximate surface area is 118 Å². The molecule has 1 aliphatic rings. The van der Waals surface area contributed by atoms with Crippen molar-refractivity contribution in [2.45, 2.75) is 38.5 Å². The largest absolute Gasteiger partial charge is 0.476 e. The molecule has 0 saturated heterocycles. The fraction of sp³-hybridized carbons (Fsp3) is 0.643. The van der Waals surface area contributed by atoms with Gasteiger partial charge in [0.15, 0.2) is 5.69 Å². The number of nitrogens with one attached hydrogen (secondary N) is 1. The quantitative estimate of drug-likeness (QED) is 0.736. The van der Waals surface area contributed by atoms with Crippen molar-refractivity contribution in [1.29, 1.82) is 0 Å². The molecular weight excluding hydrogens is 258 g/mol. The van der Waals surface area contributed by atoms with E-state index in [1.54, 1.807) is 0 Å². The second kappa shape index (κ2) is 6.65. The molecule has 0 spiro atoms. The number of nitrogens with zero attached hydrogens (tertiary/aromatic N) is 2. The maximum atomic E-state index is 10.7. The van der Waals surface area contributed by atoms with Gasteiger partial charge in [-0.15, -0.1) is 0 Å². The third kappa shape index (κ3) is 3.66. The van der Waals surface area contributed by atoms with Crippen LogP contribution in [0, 0.1) is 5.41 Å². The summed E-state index contributed by atoms with van der Waals surface area (Å²) in [5.74, 6) is -0.494. The summed E-state index contributed by atoms with van der Waals surface area (Å²) in [5.41, 5.74) is 0.0680. The Bertz CT molecular complexity index is 436. The smallest absolute Gasteiger partial charge is 0.356 e. The second-order valence-electron chi connectivity index (χ2n) is 5.48. The van der Waals surface area contributed by atoms with Crippen LogP contribution >= 0.6 is 0 Å². The number of aromatic carboxylic acids is 1. The summed E-state index contributed by atoms with van der Waals surface area (Å²) in [5, 5.41) is 21.3. The first kappa shape index (κ1) is 14.7. The summed E-state index contributed by atoms with van der Waals surface area (Å²) in [7, 11) is 0. The zero-order valence-corrected chi connectivity index (χ0v) is 11.5. The molecule has 6 heteroatoms. The zero-order valence-electron chi connectivity index (χ0n) is 11.5. The van der Waals surface area contributed by atoms with Crippen LogP contribution in [0.15, 0.2) is 12.4 Å². The van der Waals surface area contributed by atoms with E-state index in [9.17, 15) is 9.90 Å². The molecule has 0 unspecified atom stereocenters. The Balaban J connectivity index is 1.96. The van der Waals surface area contributed by atoms with Crippen molar-refractivity contribution in [1.82, 2.24) is 9.97 Å². The third-order valence-corrected chi connectivity index (χ3v) is 4.07. The fourth-order valence-electron chi connectivity index (χ4n) is 2.86. The van der Waals surface area contributed by atoms with Crippen molar-refractivity contribution >= 4 is 11.8 Å². The number of carboxylic acid groups (broad SMARTS) is 1. The van der Waals surface area contributed by atoms with Crippen molar-refractivity contribution < 1.29 is 15.0 Å². The minimum absolute atomic E-state index is 0.0571. The SMILES string of the molecule is O=C(O)c1cnc(NCC2(CCO)CCCCC2)cn1. The summed E-state index contributed by atoms with van der Waals surface area (Å²) in [6, 6.07) is 0. The molecule has 3 N–H and O–H groups in total. The van der Waals surface area contributed by atoms with Crippen molar-refractivity contribution in [2.75, 3.05) is 18.5 Å². The Morgan fingerprint density at radius 1 is 1.25 bits per heavy atom. The van der Waals surface area contributed by atoms with E-state index in [2.05, 4.69) is 15.3 Å². The number of aliphatic hydroxyl groups is 1. The summed E-state index contributed by atoms with van der Waals surface area (Å²) in [6.45, 7) is 0.944. The Morgan fingerprint density at radius 3 is 2.55 bits per heavy atom. The number of hydrogen-bond donors (Lipinski definition) is 3. The van der Waals surface area contributed by atoms with Crippen LogP contribution in [0.4, 0.5) is 5.82 Å². The lowest BCUT2D eigenvalue weighted by atomic mass is 9.72. The van der Waals surface area contributed by atoms with Crippen LogP contribution in [0.2, 0.25) is 0 Å². The van der Waals surface area contributed by atoms with Crippen LogP contribution < -0.4 is 5.32 Å². The lowest BCUT2D eigenvalue weighted by molar-refractivity contribution is 0.0690. The van der Waals surface area contributed by atoms with Gasteiger partial charge in [-0.3, -0.25) is 0 Å². The topological polar surface area (TPSA) is 95.3 Å². The molecule has 0 atom stereocenters. The van der Waals surface area contributed by atoms with E-state index in [1.165, 1.54) is 31.7 Å². The van der Waals surface area contributed by atoms with E-state index in [-0.39, 0.29) is 17.7 Å². The lowest BCUT2D eigenvalue weighted by Gasteiger charge is -2.37. The molecule has 1 heterocycles. The standard InChI is InChI=1S/C14H21N3O3/c18-7-6-14(4-2-1-3-5-14)10-17-12-9-15-11(8-16-12)13(19)20/h8-9,18H,1-7,10H2,(H,16,17)(H,19,20). The first-order chi connectivity index (χ1) is 9.65. The highest BCUT2D eigenvalue weighted by atomic mass is 16.4. The normalized spacial score (nSPS) is 17.6. The molecule has 1 aromatic heterocycles. The summed E-state index contributed by atoms with van der Waals surface area (Å²) in [4.78, 5) is 18.6. The van der Waals surface area contributed by atoms with Crippen LogP contribution in [0.1, 0.15) is 49.0 Å². The molecule has 0 aliphatic heterocycles. The molecule has 2 rings (SSSR count). The van der Waals surface area contributed by atoms with Crippen molar-refractivity contribution in [3.05, 3.63) is 18.1 Å². The maximum Gasteiger partial charge on any atom is 0.356 e. The minimum atomic E-state index is -1.08. The lowest BCUT2D eigenvalue weighted by Crippen LogP contribution is -2.33. The number of aliphatic hydroxyl groups excluding tert-OH is 1. The van der Waals surface area contributed by atoms with E-state index < -0.39 is 5.97 Å². The third-order valence-electron chi connectivity index (χ3n) is 4.07. The summed E-state index contributed by atoms with van der Waals surface area (Å²) < 4.78 is 0. The number of rotatable bonds is 6. The number of carbonyl (C=O) groups is 1. The highest BCUT2D eigenvalue weighted by Crippen LogP contribution is 2.39. The first-order valence-electron chi connectivity index (χ1n) is 7.05. The van der Waals surface area contributed by atoms with Gasteiger partial charge in [0.2, 0.25) is 0 Å². The highest BCUT2D eigenvalue weighted by molar-refractivity contribution is 5.84. The maximum absolute atomic E-state index is 10.7. The molecule has 20 heavy (non-hydrogen) atoms. The van der Waals surface area contributed by atoms with Crippen LogP contribution in [0.3, 0.4) is 0 Å². The van der Waals surface area contributed by atoms with Gasteiger partial charge in [-0.25, -0.2) is 14.8 Å². The van der Waals surface area contributed by atoms with E-state index in [1.807, 2.05) is 0 Å². The zero-order chi connectivity index (χ0) is 14.4. The van der Waals surface area contributed by atoms with Crippen molar-refractivity contribution in [3.8, 4) is 0 Å². The Hall–Kier alpha value is -1.69. The van der Waals surface area contributed by atoms with Crippen LogP contribution in [0.5, 0.6) is 0 Å². The van der Waals surface area contributed by atoms with Gasteiger partial charge in [0.25, 0.3) is 0 Å². The molecule has 1 aromatic rings. The number of anilines is 1. The van der Waals surface area contributed by atoms with Crippen molar-refractivity contribution in [2.24, 2.45) is 5.41 Å². The predicted octanol–water partition coefficient (Wildman–Crippen LogP) is 1.92. The van der Waals surface area contributed by atoms with Gasteiger partial charge in [0.05, 0.1) is 12.4 Å². The molecule has 0 bridgehead atoms. The average molecular weight is 279 g/mol. The van der Waals surface area contributed by atoms with Crippen LogP contribution in [0.25, 0.3) is 0 Å². The Morgan fingerprint density at radius 2 is 2.00 bits per heavy atom. The molecule has 0 aromatic carbocycles. The molecule has 1 saturated carbocycles. The molecule has 1 aliphatic carbocycles. The van der Waals surface area contributed by atoms with Gasteiger partial charge in [-0.2, -0.15) is 0 Å². The molecule has 110 valence electrons. The molecule has 1 fully saturated rings. The molecule has 0 amide bonds. The monoisotopic (exact) mass is 279 g/mol. The number of carboxylic acids is 1. The number of aromatic nitrogens is 2. The second-order valence-corrected chi connectivity index (χ2v) is 5.48. The van der Waals surface area contributed by atoms with E-state index in [0.717, 1.165) is 25.8 Å². The highest BCUT2D eigenvalue weighted by Gasteiger charge is 2.31. The van der Waals surface area contributed by atoms with Crippen LogP contribution in [-0.2, 0) is 0 Å². The van der Waals surface area contributed by atoms with E-state index >= 15 is 0 Å². The molecular formula is C14H21N3O3. The van der Waals surface area contributed by atoms with Gasteiger partial charge in [-0.05, 0) is 24.7 Å². The van der Waals surface area contributed by atoms with Gasteiger partial charge >= 0.3 is 5.97 Å². The van der Waals surface area contributed by atoms with E-state index in [0.29, 0.717) is 5.82 Å². The van der Waals surface area contributed by atoms with Gasteiger partial charge in [0, 0.05) is 13.2 Å². The van der Waals surface area contributed by atoms with Gasteiger partial charge in [0.1, 0.15) is 5.82 Å². The van der Waals surface area contributed by atoms with Gasteiger partial charge in [-0.1, -0.05) is 19.3 Å². The first-order valence-corrected chi connectivity index (χ1v) is 7.05. The van der Waals surface area contributed by atoms with Crippen LogP contribution in [-0.4, -0.2) is 39.3 Å². The predicted molar refractivity (Wildman–Crippen MR) is 74.7 cm³/mol. The number of hydrogen-bond acceptors (Lipinski definition) is 5. The summed E-state index contributed by atoms with van der Waals surface area (Å²) >= 11 is 0. The van der Waals surface area contributed by atoms with Crippen molar-refractivity contribution in [3.63, 3.8) is 0 Å².